The van der Waals surface area contributed by atoms with Gasteiger partial charge in [-0.15, -0.1) is 0 Å². The van der Waals surface area contributed by atoms with Gasteiger partial charge >= 0.3 is 0 Å². The monoisotopic (exact) mass is 373 g/mol. The molecule has 0 aliphatic heterocycles. The molecule has 0 fully saturated rings. The number of nitrogens with zero attached hydrogens (tertiary/aromatic N) is 2. The summed E-state index contributed by atoms with van der Waals surface area (Å²) in [5.41, 5.74) is 1.39. The van der Waals surface area contributed by atoms with Gasteiger partial charge in [-0.1, -0.05) is 15.9 Å². The standard InChI is InChI=1S/C13H16BrN3O3S/c1-9-13(10(2)17(15-9)7-8-18)21(19,20)16-12-5-3-11(14)4-6-12/h3-6,16,18H,7-8H2,1-2H3. The maximum atomic E-state index is 12.5. The molecule has 0 saturated heterocycles. The highest BCUT2D eigenvalue weighted by Crippen LogP contribution is 2.23. The molecular weight excluding hydrogens is 358 g/mol. The average molecular weight is 374 g/mol. The molecule has 6 nitrogen and oxygen atoms in total. The Labute approximate surface area is 132 Å². The van der Waals surface area contributed by atoms with Crippen molar-refractivity contribution in [2.75, 3.05) is 11.3 Å². The topological polar surface area (TPSA) is 84.2 Å². The molecule has 2 rings (SSSR count). The number of aromatic nitrogens is 2. The second-order valence-corrected chi connectivity index (χ2v) is 7.09. The van der Waals surface area contributed by atoms with Crippen LogP contribution in [0.3, 0.4) is 0 Å². The number of sulfonamides is 1. The molecular formula is C13H16BrN3O3S. The fraction of sp³-hybridized carbons (Fsp3) is 0.308. The van der Waals surface area contributed by atoms with Crippen molar-refractivity contribution in [1.82, 2.24) is 9.78 Å². The minimum absolute atomic E-state index is 0.0956. The highest BCUT2D eigenvalue weighted by Gasteiger charge is 2.24. The van der Waals surface area contributed by atoms with E-state index in [1.807, 2.05) is 0 Å². The number of rotatable bonds is 5. The van der Waals surface area contributed by atoms with E-state index < -0.39 is 10.0 Å². The highest BCUT2D eigenvalue weighted by atomic mass is 79.9. The first kappa shape index (κ1) is 16.0. The molecule has 0 spiro atoms. The Morgan fingerprint density at radius 2 is 1.90 bits per heavy atom. The first-order chi connectivity index (χ1) is 9.85. The lowest BCUT2D eigenvalue weighted by Crippen LogP contribution is -2.15. The van der Waals surface area contributed by atoms with Gasteiger partial charge in [0, 0.05) is 10.2 Å². The van der Waals surface area contributed by atoms with Crippen molar-refractivity contribution in [2.45, 2.75) is 25.3 Å². The Morgan fingerprint density at radius 3 is 2.48 bits per heavy atom. The SMILES string of the molecule is Cc1nn(CCO)c(C)c1S(=O)(=O)Nc1ccc(Br)cc1. The van der Waals surface area contributed by atoms with Crippen molar-refractivity contribution in [1.29, 1.82) is 0 Å². The van der Waals surface area contributed by atoms with Crippen molar-refractivity contribution >= 4 is 31.6 Å². The fourth-order valence-corrected chi connectivity index (χ4v) is 3.84. The molecule has 2 N–H and O–H groups in total. The number of anilines is 1. The number of nitrogens with one attached hydrogen (secondary N) is 1. The molecule has 0 radical (unpaired) electrons. The first-order valence-corrected chi connectivity index (χ1v) is 8.56. The van der Waals surface area contributed by atoms with Gasteiger partial charge in [0.25, 0.3) is 10.0 Å². The minimum Gasteiger partial charge on any atom is -0.394 e. The molecule has 8 heteroatoms. The Balaban J connectivity index is 2.38. The molecule has 0 aliphatic rings. The number of hydrogen-bond acceptors (Lipinski definition) is 4. The summed E-state index contributed by atoms with van der Waals surface area (Å²) >= 11 is 3.30. The summed E-state index contributed by atoms with van der Waals surface area (Å²) in [6, 6.07) is 6.86. The zero-order valence-electron chi connectivity index (χ0n) is 11.7. The summed E-state index contributed by atoms with van der Waals surface area (Å²) in [5, 5.41) is 13.1. The van der Waals surface area contributed by atoms with Crippen molar-refractivity contribution in [3.8, 4) is 0 Å². The number of aryl methyl sites for hydroxylation is 1. The van der Waals surface area contributed by atoms with E-state index in [4.69, 9.17) is 5.11 Å². The van der Waals surface area contributed by atoms with Crippen LogP contribution in [0, 0.1) is 13.8 Å². The van der Waals surface area contributed by atoms with Crippen LogP contribution in [0.5, 0.6) is 0 Å². The smallest absolute Gasteiger partial charge is 0.265 e. The van der Waals surface area contributed by atoms with Gasteiger partial charge in [0.05, 0.1) is 24.5 Å². The van der Waals surface area contributed by atoms with Crippen LogP contribution < -0.4 is 4.72 Å². The van der Waals surface area contributed by atoms with Crippen LogP contribution in [0.2, 0.25) is 0 Å². The second kappa shape index (κ2) is 6.17. The molecule has 1 aromatic carbocycles. The third kappa shape index (κ3) is 3.45. The number of benzene rings is 1. The number of aliphatic hydroxyl groups is 1. The first-order valence-electron chi connectivity index (χ1n) is 6.28. The van der Waals surface area contributed by atoms with E-state index in [0.717, 1.165) is 4.47 Å². The molecule has 0 aliphatic carbocycles. The normalized spacial score (nSPS) is 11.6. The van der Waals surface area contributed by atoms with Gasteiger partial charge < -0.3 is 5.11 Å². The summed E-state index contributed by atoms with van der Waals surface area (Å²) in [5.74, 6) is 0. The van der Waals surface area contributed by atoms with Gasteiger partial charge in [-0.3, -0.25) is 9.40 Å². The van der Waals surface area contributed by atoms with Crippen LogP contribution in [-0.4, -0.2) is 29.9 Å². The van der Waals surface area contributed by atoms with Gasteiger partial charge in [-0.2, -0.15) is 5.10 Å². The number of aliphatic hydroxyl groups excluding tert-OH is 1. The third-order valence-electron chi connectivity index (χ3n) is 2.99. The molecule has 2 aromatic rings. The molecule has 114 valence electrons. The van der Waals surface area contributed by atoms with E-state index in [-0.39, 0.29) is 18.0 Å². The van der Waals surface area contributed by atoms with Gasteiger partial charge in [0.15, 0.2) is 0 Å². The van der Waals surface area contributed by atoms with Crippen molar-refractivity contribution in [3.63, 3.8) is 0 Å². The predicted molar refractivity (Wildman–Crippen MR) is 83.7 cm³/mol. The lowest BCUT2D eigenvalue weighted by molar-refractivity contribution is 0.267. The lowest BCUT2D eigenvalue weighted by atomic mass is 10.3. The van der Waals surface area contributed by atoms with E-state index in [1.165, 1.54) is 4.68 Å². The molecule has 21 heavy (non-hydrogen) atoms. The zero-order chi connectivity index (χ0) is 15.6. The van der Waals surface area contributed by atoms with E-state index >= 15 is 0 Å². The second-order valence-electron chi connectivity index (χ2n) is 4.56. The predicted octanol–water partition coefficient (Wildman–Crippen LogP) is 2.06. The number of halogens is 1. The van der Waals surface area contributed by atoms with Crippen LogP contribution >= 0.6 is 15.9 Å². The third-order valence-corrected chi connectivity index (χ3v) is 5.15. The van der Waals surface area contributed by atoms with Crippen LogP contribution in [0.25, 0.3) is 0 Å². The van der Waals surface area contributed by atoms with Gasteiger partial charge in [-0.05, 0) is 38.1 Å². The Morgan fingerprint density at radius 1 is 1.29 bits per heavy atom. The van der Waals surface area contributed by atoms with Crippen molar-refractivity contribution < 1.29 is 13.5 Å². The minimum atomic E-state index is -3.72. The summed E-state index contributed by atoms with van der Waals surface area (Å²) < 4.78 is 29.9. The Kier molecular flexibility index (Phi) is 4.70. The maximum absolute atomic E-state index is 12.5. The van der Waals surface area contributed by atoms with Gasteiger partial charge in [0.1, 0.15) is 4.90 Å². The van der Waals surface area contributed by atoms with Crippen molar-refractivity contribution in [2.24, 2.45) is 0 Å². The molecule has 0 bridgehead atoms. The van der Waals surface area contributed by atoms with Crippen LogP contribution in [0.1, 0.15) is 11.4 Å². The molecule has 0 unspecified atom stereocenters. The van der Waals surface area contributed by atoms with Crippen molar-refractivity contribution in [3.05, 3.63) is 40.1 Å². The molecule has 0 saturated carbocycles. The van der Waals surface area contributed by atoms with E-state index in [0.29, 0.717) is 17.1 Å². The van der Waals surface area contributed by atoms with Gasteiger partial charge in [0.2, 0.25) is 0 Å². The van der Waals surface area contributed by atoms with Crippen LogP contribution in [0.4, 0.5) is 5.69 Å². The largest absolute Gasteiger partial charge is 0.394 e. The summed E-state index contributed by atoms with van der Waals surface area (Å²) in [6.07, 6.45) is 0. The van der Waals surface area contributed by atoms with E-state index in [9.17, 15) is 8.42 Å². The van der Waals surface area contributed by atoms with E-state index in [2.05, 4.69) is 25.8 Å². The molecule has 0 amide bonds. The number of hydrogen-bond donors (Lipinski definition) is 2. The Bertz CT molecular complexity index is 739. The van der Waals surface area contributed by atoms with E-state index in [1.54, 1.807) is 38.1 Å². The van der Waals surface area contributed by atoms with Gasteiger partial charge in [-0.25, -0.2) is 8.42 Å². The summed E-state index contributed by atoms with van der Waals surface area (Å²) in [4.78, 5) is 0.152. The maximum Gasteiger partial charge on any atom is 0.265 e. The summed E-state index contributed by atoms with van der Waals surface area (Å²) in [6.45, 7) is 3.48. The zero-order valence-corrected chi connectivity index (χ0v) is 14.1. The van der Waals surface area contributed by atoms with Crippen LogP contribution in [-0.2, 0) is 16.6 Å². The van der Waals surface area contributed by atoms with Crippen LogP contribution in [0.15, 0.2) is 33.6 Å². The average Bonchev–Trinajstić information content (AvgIpc) is 2.68. The quantitative estimate of drug-likeness (QED) is 0.839. The fourth-order valence-electron chi connectivity index (χ4n) is 2.11. The lowest BCUT2D eigenvalue weighted by Gasteiger charge is -2.09. The summed E-state index contributed by atoms with van der Waals surface area (Å²) in [7, 11) is -3.72. The highest BCUT2D eigenvalue weighted by molar-refractivity contribution is 9.10. The molecule has 1 aromatic heterocycles. The molecule has 1 heterocycles. The molecule has 0 atom stereocenters. The Hall–Kier alpha value is -1.38.